The van der Waals surface area contributed by atoms with Crippen LogP contribution in [0.2, 0.25) is 0 Å². The van der Waals surface area contributed by atoms with Crippen LogP contribution in [0.3, 0.4) is 0 Å². The van der Waals surface area contributed by atoms with Gasteiger partial charge in [0.15, 0.2) is 0 Å². The number of rotatable bonds is 4. The Morgan fingerprint density at radius 3 is 2.58 bits per heavy atom. The summed E-state index contributed by atoms with van der Waals surface area (Å²) in [6.45, 7) is 6.59. The molecular weight excluding hydrogens is 352 g/mol. The summed E-state index contributed by atoms with van der Waals surface area (Å²) in [6, 6.07) is 5.70. The molecule has 0 fully saturated rings. The Hall–Kier alpha value is -2.67. The van der Waals surface area contributed by atoms with Crippen molar-refractivity contribution in [2.75, 3.05) is 7.11 Å². The highest BCUT2D eigenvalue weighted by atomic mass is 32.1. The lowest BCUT2D eigenvalue weighted by atomic mass is 10.0. The molecule has 0 aliphatic carbocycles. The van der Waals surface area contributed by atoms with E-state index in [2.05, 4.69) is 4.98 Å². The molecule has 0 spiro atoms. The number of benzene rings is 1. The highest BCUT2D eigenvalue weighted by Crippen LogP contribution is 2.34. The van der Waals surface area contributed by atoms with Crippen LogP contribution in [0.15, 0.2) is 28.4 Å². The molecule has 2 heterocycles. The van der Waals surface area contributed by atoms with E-state index in [1.165, 1.54) is 29.8 Å². The molecule has 136 valence electrons. The number of aliphatic carboxylic acids is 1. The van der Waals surface area contributed by atoms with Crippen molar-refractivity contribution >= 4 is 27.5 Å². The predicted molar refractivity (Wildman–Crippen MR) is 102 cm³/mol. The van der Waals surface area contributed by atoms with E-state index < -0.39 is 11.5 Å². The van der Waals surface area contributed by atoms with Crippen LogP contribution in [0, 0.1) is 13.8 Å². The van der Waals surface area contributed by atoms with E-state index in [4.69, 9.17) is 4.74 Å². The second-order valence-corrected chi connectivity index (χ2v) is 7.54. The maximum Gasteiger partial charge on any atom is 0.329 e. The number of aromatic nitrogens is 2. The van der Waals surface area contributed by atoms with Gasteiger partial charge in [-0.3, -0.25) is 9.36 Å². The van der Waals surface area contributed by atoms with E-state index in [0.717, 1.165) is 22.4 Å². The number of carboxylic acid groups (broad SMARTS) is 1. The van der Waals surface area contributed by atoms with Gasteiger partial charge in [0.25, 0.3) is 5.56 Å². The molecule has 1 aromatic carbocycles. The maximum atomic E-state index is 13.2. The Morgan fingerprint density at radius 1 is 1.31 bits per heavy atom. The molecule has 0 amide bonds. The lowest BCUT2D eigenvalue weighted by Gasteiger charge is -2.24. The third-order valence-electron chi connectivity index (χ3n) is 4.56. The van der Waals surface area contributed by atoms with E-state index >= 15 is 0 Å². The van der Waals surface area contributed by atoms with Gasteiger partial charge in [0.1, 0.15) is 21.9 Å². The molecule has 0 radical (unpaired) electrons. The van der Waals surface area contributed by atoms with Gasteiger partial charge >= 0.3 is 5.97 Å². The summed E-state index contributed by atoms with van der Waals surface area (Å²) in [4.78, 5) is 30.0. The van der Waals surface area contributed by atoms with Crippen LogP contribution in [0.5, 0.6) is 5.75 Å². The Labute approximate surface area is 154 Å². The van der Waals surface area contributed by atoms with Crippen LogP contribution in [0.1, 0.15) is 25.2 Å². The first-order chi connectivity index (χ1) is 12.2. The summed E-state index contributed by atoms with van der Waals surface area (Å²) in [7, 11) is 1.61. The Kier molecular flexibility index (Phi) is 4.36. The number of hydrogen-bond acceptors (Lipinski definition) is 5. The van der Waals surface area contributed by atoms with Crippen LogP contribution >= 0.6 is 11.3 Å². The zero-order chi connectivity index (χ0) is 19.2. The number of aryl methyl sites for hydroxylation is 2. The summed E-state index contributed by atoms with van der Waals surface area (Å²) >= 11 is 1.38. The van der Waals surface area contributed by atoms with Crippen molar-refractivity contribution in [3.05, 3.63) is 45.3 Å². The minimum absolute atomic E-state index is 0.343. The molecule has 3 rings (SSSR count). The lowest BCUT2D eigenvalue weighted by molar-refractivity contribution is -0.145. The molecule has 0 saturated carbocycles. The number of nitrogens with zero attached hydrogens (tertiary/aromatic N) is 2. The van der Waals surface area contributed by atoms with Gasteiger partial charge in [-0.05, 0) is 51.0 Å². The molecule has 2 aromatic heterocycles. The first-order valence-electron chi connectivity index (χ1n) is 8.08. The van der Waals surface area contributed by atoms with Gasteiger partial charge in [0.05, 0.1) is 12.5 Å². The first kappa shape index (κ1) is 18.1. The van der Waals surface area contributed by atoms with Gasteiger partial charge in [-0.2, -0.15) is 0 Å². The third-order valence-corrected chi connectivity index (χ3v) is 5.44. The standard InChI is InChI=1S/C19H20N2O4S/c1-10-8-12(6-7-14(10)25-5)13-9-26-16-15(13)17(22)21(11(2)20-16)19(3,4)18(23)24/h6-9H,1-5H3,(H,23,24). The number of fused-ring (bicyclic) bond motifs is 1. The minimum Gasteiger partial charge on any atom is -0.496 e. The molecule has 6 nitrogen and oxygen atoms in total. The summed E-state index contributed by atoms with van der Waals surface area (Å²) in [5.41, 5.74) is 0.845. The van der Waals surface area contributed by atoms with Crippen molar-refractivity contribution in [3.63, 3.8) is 0 Å². The van der Waals surface area contributed by atoms with Gasteiger partial charge in [0.2, 0.25) is 0 Å². The molecular formula is C19H20N2O4S. The molecule has 7 heteroatoms. The summed E-state index contributed by atoms with van der Waals surface area (Å²) in [6.07, 6.45) is 0. The van der Waals surface area contributed by atoms with Crippen molar-refractivity contribution in [1.29, 1.82) is 0 Å². The van der Waals surface area contributed by atoms with Crippen LogP contribution in [-0.4, -0.2) is 27.7 Å². The van der Waals surface area contributed by atoms with Crippen molar-refractivity contribution < 1.29 is 14.6 Å². The molecule has 3 aromatic rings. The average molecular weight is 372 g/mol. The van der Waals surface area contributed by atoms with Gasteiger partial charge in [-0.25, -0.2) is 9.78 Å². The molecule has 0 bridgehead atoms. The van der Waals surface area contributed by atoms with Crippen molar-refractivity contribution in [2.45, 2.75) is 33.2 Å². The molecule has 0 atom stereocenters. The van der Waals surface area contributed by atoms with Gasteiger partial charge < -0.3 is 9.84 Å². The minimum atomic E-state index is -1.39. The van der Waals surface area contributed by atoms with Crippen molar-refractivity contribution in [1.82, 2.24) is 9.55 Å². The largest absolute Gasteiger partial charge is 0.496 e. The van der Waals surface area contributed by atoms with E-state index in [-0.39, 0.29) is 5.56 Å². The van der Waals surface area contributed by atoms with Gasteiger partial charge in [0, 0.05) is 10.9 Å². The fraction of sp³-hybridized carbons (Fsp3) is 0.316. The molecule has 0 unspecified atom stereocenters. The highest BCUT2D eigenvalue weighted by molar-refractivity contribution is 7.17. The van der Waals surface area contributed by atoms with Crippen LogP contribution in [0.4, 0.5) is 0 Å². The third kappa shape index (κ3) is 2.68. The Morgan fingerprint density at radius 2 is 2.00 bits per heavy atom. The Balaban J connectivity index is 2.32. The number of carboxylic acids is 1. The normalized spacial score (nSPS) is 11.7. The summed E-state index contributed by atoms with van der Waals surface area (Å²) < 4.78 is 6.55. The maximum absolute atomic E-state index is 13.2. The zero-order valence-corrected chi connectivity index (χ0v) is 16.1. The smallest absolute Gasteiger partial charge is 0.329 e. The zero-order valence-electron chi connectivity index (χ0n) is 15.3. The molecule has 0 aliphatic heterocycles. The second-order valence-electron chi connectivity index (χ2n) is 6.68. The van der Waals surface area contributed by atoms with Gasteiger partial charge in [-0.1, -0.05) is 6.07 Å². The SMILES string of the molecule is COc1ccc(-c2csc3nc(C)n(C(C)(C)C(=O)O)c(=O)c23)cc1C. The van der Waals surface area contributed by atoms with Crippen LogP contribution in [0.25, 0.3) is 21.3 Å². The monoisotopic (exact) mass is 372 g/mol. The topological polar surface area (TPSA) is 81.4 Å². The Bertz CT molecular complexity index is 1080. The van der Waals surface area contributed by atoms with E-state index in [1.807, 2.05) is 30.5 Å². The average Bonchev–Trinajstić information content (AvgIpc) is 2.98. The second kappa shape index (κ2) is 6.25. The van der Waals surface area contributed by atoms with E-state index in [0.29, 0.717) is 16.0 Å². The number of carbonyl (C=O) groups is 1. The lowest BCUT2D eigenvalue weighted by Crippen LogP contribution is -2.44. The number of ether oxygens (including phenoxy) is 1. The molecule has 1 N–H and O–H groups in total. The van der Waals surface area contributed by atoms with E-state index in [9.17, 15) is 14.7 Å². The number of methoxy groups -OCH3 is 1. The van der Waals surface area contributed by atoms with Crippen molar-refractivity contribution in [3.8, 4) is 16.9 Å². The molecule has 26 heavy (non-hydrogen) atoms. The molecule has 0 aliphatic rings. The van der Waals surface area contributed by atoms with E-state index in [1.54, 1.807) is 14.0 Å². The van der Waals surface area contributed by atoms with Crippen LogP contribution < -0.4 is 10.3 Å². The quantitative estimate of drug-likeness (QED) is 0.757. The fourth-order valence-electron chi connectivity index (χ4n) is 3.10. The number of thiophene rings is 1. The van der Waals surface area contributed by atoms with Crippen LogP contribution in [-0.2, 0) is 10.3 Å². The van der Waals surface area contributed by atoms with Crippen molar-refractivity contribution in [2.24, 2.45) is 0 Å². The molecule has 0 saturated heterocycles. The predicted octanol–water partition coefficient (Wildman–Crippen LogP) is 3.57. The number of hydrogen-bond donors (Lipinski definition) is 1. The summed E-state index contributed by atoms with van der Waals surface area (Å²) in [5.74, 6) is 0.0711. The summed E-state index contributed by atoms with van der Waals surface area (Å²) in [5, 5.41) is 11.9. The fourth-order valence-corrected chi connectivity index (χ4v) is 4.09. The highest BCUT2D eigenvalue weighted by Gasteiger charge is 2.33. The van der Waals surface area contributed by atoms with Gasteiger partial charge in [-0.15, -0.1) is 11.3 Å². The first-order valence-corrected chi connectivity index (χ1v) is 8.96.